The van der Waals surface area contributed by atoms with Gasteiger partial charge in [-0.1, -0.05) is 13.2 Å². The molecule has 0 amide bonds. The molecule has 7 heteroatoms. The van der Waals surface area contributed by atoms with Gasteiger partial charge in [-0.2, -0.15) is 5.26 Å². The summed E-state index contributed by atoms with van der Waals surface area (Å²) in [5, 5.41) is 23.1. The number of hydrogen-bond donors (Lipinski definition) is 2. The van der Waals surface area contributed by atoms with E-state index < -0.39 is 11.9 Å². The third kappa shape index (κ3) is 31.3. The lowest BCUT2D eigenvalue weighted by molar-refractivity contribution is -0.136. The Morgan fingerprint density at radius 3 is 1.58 bits per heavy atom. The molecule has 19 heavy (non-hydrogen) atoms. The highest BCUT2D eigenvalue weighted by Crippen LogP contribution is 1.87. The molecular formula is C12H15NO6. The van der Waals surface area contributed by atoms with Gasteiger partial charge in [0.1, 0.15) is 0 Å². The molecule has 0 aliphatic rings. The molecule has 0 spiro atoms. The number of carbonyl (C=O) groups is 3. The summed E-state index contributed by atoms with van der Waals surface area (Å²) in [6.45, 7) is 8.07. The zero-order chi connectivity index (χ0) is 15.8. The van der Waals surface area contributed by atoms with Crippen LogP contribution >= 0.6 is 0 Å². The van der Waals surface area contributed by atoms with Crippen LogP contribution in [-0.2, 0) is 19.1 Å². The van der Waals surface area contributed by atoms with Crippen molar-refractivity contribution >= 4 is 17.9 Å². The summed E-state index contributed by atoms with van der Waals surface area (Å²) in [5.41, 5.74) is 0.433. The molecule has 0 saturated carbocycles. The first-order valence-corrected chi connectivity index (χ1v) is 4.61. The van der Waals surface area contributed by atoms with Crippen molar-refractivity contribution in [2.75, 3.05) is 7.11 Å². The largest absolute Gasteiger partial charge is 0.478 e. The summed E-state index contributed by atoms with van der Waals surface area (Å²) in [4.78, 5) is 29.3. The predicted molar refractivity (Wildman–Crippen MR) is 67.1 cm³/mol. The molecule has 0 aliphatic heterocycles. The maximum atomic E-state index is 10.2. The maximum absolute atomic E-state index is 10.2. The van der Waals surface area contributed by atoms with Crippen LogP contribution in [0.25, 0.3) is 0 Å². The van der Waals surface area contributed by atoms with Crippen molar-refractivity contribution in [1.82, 2.24) is 0 Å². The number of carbonyl (C=O) groups excluding carboxylic acids is 1. The lowest BCUT2D eigenvalue weighted by atomic mass is 10.4. The molecule has 0 aromatic carbocycles. The molecule has 0 unspecified atom stereocenters. The van der Waals surface area contributed by atoms with Gasteiger partial charge >= 0.3 is 17.9 Å². The van der Waals surface area contributed by atoms with E-state index in [1.165, 1.54) is 13.2 Å². The topological polar surface area (TPSA) is 125 Å². The molecule has 0 bridgehead atoms. The normalized spacial score (nSPS) is 7.63. The first-order chi connectivity index (χ1) is 8.72. The molecule has 0 aromatic heterocycles. The fourth-order valence-corrected chi connectivity index (χ4v) is 0.317. The average molecular weight is 269 g/mol. The van der Waals surface area contributed by atoms with Gasteiger partial charge in [0.05, 0.1) is 13.2 Å². The van der Waals surface area contributed by atoms with Crippen LogP contribution in [0.4, 0.5) is 0 Å². The monoisotopic (exact) mass is 269 g/mol. The Balaban J connectivity index is -0.000000214. The lowest BCUT2D eigenvalue weighted by Gasteiger charge is -1.91. The number of ether oxygens (including phenoxy) is 1. The van der Waals surface area contributed by atoms with Crippen molar-refractivity contribution in [2.24, 2.45) is 0 Å². The van der Waals surface area contributed by atoms with Crippen LogP contribution < -0.4 is 0 Å². The molecule has 7 nitrogen and oxygen atoms in total. The minimum Gasteiger partial charge on any atom is -0.478 e. The summed E-state index contributed by atoms with van der Waals surface area (Å²) in [7, 11) is 1.33. The molecule has 0 radical (unpaired) electrons. The number of nitrogens with zero attached hydrogens (tertiary/aromatic N) is 1. The average Bonchev–Trinajstić information content (AvgIpc) is 2.36. The molecule has 0 rings (SSSR count). The zero-order valence-electron chi connectivity index (χ0n) is 10.6. The molecular weight excluding hydrogens is 254 g/mol. The summed E-state index contributed by atoms with van der Waals surface area (Å²) in [6.07, 6.45) is 2.30. The van der Waals surface area contributed by atoms with Crippen LogP contribution in [0.1, 0.15) is 6.92 Å². The van der Waals surface area contributed by atoms with Gasteiger partial charge in [0.25, 0.3) is 0 Å². The Morgan fingerprint density at radius 2 is 1.53 bits per heavy atom. The highest BCUT2D eigenvalue weighted by molar-refractivity contribution is 5.89. The van der Waals surface area contributed by atoms with Crippen LogP contribution in [0.5, 0.6) is 0 Å². The maximum Gasteiger partial charge on any atom is 0.332 e. The van der Waals surface area contributed by atoms with Gasteiger partial charge in [-0.15, -0.1) is 0 Å². The van der Waals surface area contributed by atoms with Crippen LogP contribution in [0.3, 0.4) is 0 Å². The number of esters is 1. The third-order valence-corrected chi connectivity index (χ3v) is 0.994. The van der Waals surface area contributed by atoms with E-state index in [0.717, 1.165) is 0 Å². The highest BCUT2D eigenvalue weighted by atomic mass is 16.5. The van der Waals surface area contributed by atoms with E-state index in [2.05, 4.69) is 17.9 Å². The van der Waals surface area contributed by atoms with Crippen molar-refractivity contribution in [1.29, 1.82) is 5.26 Å². The second-order valence-electron chi connectivity index (χ2n) is 2.61. The quantitative estimate of drug-likeness (QED) is 0.447. The number of carboxylic acids is 2. The minimum atomic E-state index is -1.26. The summed E-state index contributed by atoms with van der Waals surface area (Å²) in [6, 6.07) is 1.69. The number of rotatable bonds is 3. The van der Waals surface area contributed by atoms with E-state index in [4.69, 9.17) is 15.5 Å². The summed E-state index contributed by atoms with van der Waals surface area (Å²) >= 11 is 0. The predicted octanol–water partition coefficient (Wildman–Crippen LogP) is 1.14. The van der Waals surface area contributed by atoms with Crippen LogP contribution in [0, 0.1) is 11.3 Å². The van der Waals surface area contributed by atoms with Crippen molar-refractivity contribution in [3.05, 3.63) is 37.0 Å². The Labute approximate surface area is 110 Å². The summed E-state index contributed by atoms with van der Waals surface area (Å²) in [5.74, 6) is -2.86. The fraction of sp³-hybridized carbons (Fsp3) is 0.167. The second-order valence-corrected chi connectivity index (χ2v) is 2.61. The Hall–Kier alpha value is -2.88. The van der Waals surface area contributed by atoms with Crippen molar-refractivity contribution < 1.29 is 29.3 Å². The van der Waals surface area contributed by atoms with Crippen LogP contribution in [0.2, 0.25) is 0 Å². The van der Waals surface area contributed by atoms with Crippen molar-refractivity contribution in [3.63, 3.8) is 0 Å². The van der Waals surface area contributed by atoms with Crippen LogP contribution in [-0.4, -0.2) is 35.2 Å². The molecule has 0 atom stereocenters. The minimum absolute atomic E-state index is 0.347. The van der Waals surface area contributed by atoms with E-state index in [0.29, 0.717) is 17.7 Å². The molecule has 0 heterocycles. The molecule has 104 valence electrons. The molecule has 2 N–H and O–H groups in total. The van der Waals surface area contributed by atoms with Crippen molar-refractivity contribution in [3.8, 4) is 6.07 Å². The first kappa shape index (κ1) is 21.4. The zero-order valence-corrected chi connectivity index (χ0v) is 10.6. The fourth-order valence-electron chi connectivity index (χ4n) is 0.317. The lowest BCUT2D eigenvalue weighted by Crippen LogP contribution is -1.98. The highest BCUT2D eigenvalue weighted by Gasteiger charge is 1.95. The Kier molecular flexibility index (Phi) is 17.0. The van der Waals surface area contributed by atoms with Crippen LogP contribution in [0.15, 0.2) is 37.0 Å². The van der Waals surface area contributed by atoms with Gasteiger partial charge < -0.3 is 14.9 Å². The standard InChI is InChI=1S/C5H8O2.C4H4O4.C3H3N/c1-4(2)5(6)7-3;5-3(6)1-2-4(7)8;1-2-3-4/h1H2,2-3H3;1-2H,(H,5,6)(H,7,8);2H,1H2/b;2-1-;. The smallest absolute Gasteiger partial charge is 0.332 e. The van der Waals surface area contributed by atoms with E-state index in [1.807, 2.05) is 0 Å². The van der Waals surface area contributed by atoms with Gasteiger partial charge in [-0.05, 0) is 6.92 Å². The SMILES string of the molecule is C=C(C)C(=O)OC.C=CC#N.O=C(O)/C=C\C(=O)O. The number of allylic oxidation sites excluding steroid dienone is 1. The van der Waals surface area contributed by atoms with Gasteiger partial charge in [0.2, 0.25) is 0 Å². The van der Waals surface area contributed by atoms with E-state index in [-0.39, 0.29) is 5.97 Å². The second kappa shape index (κ2) is 15.1. The van der Waals surface area contributed by atoms with E-state index in [9.17, 15) is 14.4 Å². The van der Waals surface area contributed by atoms with E-state index in [1.54, 1.807) is 13.0 Å². The van der Waals surface area contributed by atoms with Gasteiger partial charge in [0, 0.05) is 23.8 Å². The number of carboxylic acid groups (broad SMARTS) is 2. The Morgan fingerprint density at radius 1 is 1.21 bits per heavy atom. The molecule has 0 aliphatic carbocycles. The van der Waals surface area contributed by atoms with Crippen molar-refractivity contribution in [2.45, 2.75) is 6.92 Å². The summed E-state index contributed by atoms with van der Waals surface area (Å²) < 4.78 is 4.27. The molecule has 0 saturated heterocycles. The number of methoxy groups -OCH3 is 1. The number of nitriles is 1. The van der Waals surface area contributed by atoms with E-state index >= 15 is 0 Å². The third-order valence-electron chi connectivity index (χ3n) is 0.994. The molecule has 0 aromatic rings. The van der Waals surface area contributed by atoms with Gasteiger partial charge in [-0.3, -0.25) is 0 Å². The first-order valence-electron chi connectivity index (χ1n) is 4.61. The number of aliphatic carboxylic acids is 2. The number of hydrogen-bond acceptors (Lipinski definition) is 5. The van der Waals surface area contributed by atoms with Gasteiger partial charge in [-0.25, -0.2) is 14.4 Å². The van der Waals surface area contributed by atoms with Gasteiger partial charge in [0.15, 0.2) is 0 Å². The molecule has 0 fully saturated rings. The Bertz CT molecular complexity index is 387.